The van der Waals surface area contributed by atoms with Crippen LogP contribution in [0, 0.1) is 5.92 Å². The molecule has 1 atom stereocenters. The monoisotopic (exact) mass is 223 g/mol. The minimum absolute atomic E-state index is 0.223. The Morgan fingerprint density at radius 2 is 2.25 bits per heavy atom. The highest BCUT2D eigenvalue weighted by Crippen LogP contribution is 2.18. The fraction of sp³-hybridized carbons (Fsp3) is 0.692. The first-order chi connectivity index (χ1) is 7.88. The third-order valence-electron chi connectivity index (χ3n) is 3.38. The summed E-state index contributed by atoms with van der Waals surface area (Å²) < 4.78 is 5.30. The molecule has 1 saturated carbocycles. The van der Waals surface area contributed by atoms with E-state index in [-0.39, 0.29) is 12.5 Å². The van der Waals surface area contributed by atoms with E-state index in [0.29, 0.717) is 6.04 Å². The highest BCUT2D eigenvalue weighted by Gasteiger charge is 2.17. The molecule has 0 aliphatic heterocycles. The standard InChI is InChI=1S/C13H21NO2/c15-10-11(8-13-6-3-7-16-13)9-14-12-4-1-2-5-12/h3,6-7,11-12,14-15H,1-2,4-5,8-10H2. The summed E-state index contributed by atoms with van der Waals surface area (Å²) in [5.74, 6) is 1.24. The van der Waals surface area contributed by atoms with Crippen molar-refractivity contribution in [3.05, 3.63) is 24.2 Å². The number of hydrogen-bond acceptors (Lipinski definition) is 3. The van der Waals surface area contributed by atoms with Gasteiger partial charge in [-0.1, -0.05) is 12.8 Å². The summed E-state index contributed by atoms with van der Waals surface area (Å²) in [5.41, 5.74) is 0. The predicted octanol–water partition coefficient (Wildman–Crippen LogP) is 1.96. The first kappa shape index (κ1) is 11.7. The number of nitrogens with one attached hydrogen (secondary N) is 1. The second-order valence-corrected chi connectivity index (χ2v) is 4.72. The smallest absolute Gasteiger partial charge is 0.104 e. The molecule has 0 radical (unpaired) electrons. The minimum atomic E-state index is 0.223. The Balaban J connectivity index is 1.72. The number of furan rings is 1. The van der Waals surface area contributed by atoms with Crippen LogP contribution in [-0.4, -0.2) is 24.3 Å². The molecule has 3 heteroatoms. The Morgan fingerprint density at radius 1 is 1.44 bits per heavy atom. The Morgan fingerprint density at radius 3 is 2.88 bits per heavy atom. The molecular formula is C13H21NO2. The van der Waals surface area contributed by atoms with Crippen molar-refractivity contribution in [2.24, 2.45) is 5.92 Å². The van der Waals surface area contributed by atoms with E-state index in [2.05, 4.69) is 5.32 Å². The van der Waals surface area contributed by atoms with Gasteiger partial charge in [-0.3, -0.25) is 0 Å². The van der Waals surface area contributed by atoms with Crippen LogP contribution in [0.1, 0.15) is 31.4 Å². The molecule has 0 aromatic carbocycles. The van der Waals surface area contributed by atoms with E-state index in [9.17, 15) is 5.11 Å². The van der Waals surface area contributed by atoms with Crippen LogP contribution in [0.3, 0.4) is 0 Å². The third kappa shape index (κ3) is 3.35. The summed E-state index contributed by atoms with van der Waals surface area (Å²) in [6, 6.07) is 4.54. The first-order valence-corrected chi connectivity index (χ1v) is 6.25. The van der Waals surface area contributed by atoms with Crippen molar-refractivity contribution in [3.8, 4) is 0 Å². The second kappa shape index (κ2) is 6.06. The SMILES string of the molecule is OCC(CNC1CCCC1)Cc1ccco1. The van der Waals surface area contributed by atoms with Gasteiger partial charge in [0.05, 0.1) is 6.26 Å². The van der Waals surface area contributed by atoms with Gasteiger partial charge < -0.3 is 14.8 Å². The quantitative estimate of drug-likeness (QED) is 0.775. The van der Waals surface area contributed by atoms with Gasteiger partial charge >= 0.3 is 0 Å². The molecule has 1 heterocycles. The Labute approximate surface area is 96.8 Å². The zero-order valence-electron chi connectivity index (χ0n) is 9.69. The van der Waals surface area contributed by atoms with Crippen molar-refractivity contribution >= 4 is 0 Å². The van der Waals surface area contributed by atoms with E-state index in [1.54, 1.807) is 6.26 Å². The molecule has 0 spiro atoms. The Kier molecular flexibility index (Phi) is 4.43. The highest BCUT2D eigenvalue weighted by molar-refractivity contribution is 4.99. The van der Waals surface area contributed by atoms with Gasteiger partial charge in [0.15, 0.2) is 0 Å². The third-order valence-corrected chi connectivity index (χ3v) is 3.38. The molecule has 1 aliphatic carbocycles. The molecule has 2 rings (SSSR count). The number of aliphatic hydroxyl groups excluding tert-OH is 1. The molecule has 1 aromatic heterocycles. The lowest BCUT2D eigenvalue weighted by Gasteiger charge is -2.17. The van der Waals surface area contributed by atoms with Crippen molar-refractivity contribution in [1.29, 1.82) is 0 Å². The van der Waals surface area contributed by atoms with Gasteiger partial charge in [0, 0.05) is 31.5 Å². The largest absolute Gasteiger partial charge is 0.469 e. The van der Waals surface area contributed by atoms with Gasteiger partial charge in [-0.2, -0.15) is 0 Å². The van der Waals surface area contributed by atoms with Crippen LogP contribution in [0.25, 0.3) is 0 Å². The fourth-order valence-corrected chi connectivity index (χ4v) is 2.38. The first-order valence-electron chi connectivity index (χ1n) is 6.25. The topological polar surface area (TPSA) is 45.4 Å². The zero-order valence-corrected chi connectivity index (χ0v) is 9.69. The molecule has 90 valence electrons. The molecule has 0 saturated heterocycles. The van der Waals surface area contributed by atoms with E-state index < -0.39 is 0 Å². The second-order valence-electron chi connectivity index (χ2n) is 4.72. The predicted molar refractivity (Wildman–Crippen MR) is 63.2 cm³/mol. The van der Waals surface area contributed by atoms with E-state index >= 15 is 0 Å². The lowest BCUT2D eigenvalue weighted by molar-refractivity contribution is 0.212. The van der Waals surface area contributed by atoms with Crippen LogP contribution in [0.4, 0.5) is 0 Å². The summed E-state index contributed by atoms with van der Waals surface area (Å²) >= 11 is 0. The van der Waals surface area contributed by atoms with Crippen molar-refractivity contribution < 1.29 is 9.52 Å². The van der Waals surface area contributed by atoms with Crippen molar-refractivity contribution in [3.63, 3.8) is 0 Å². The van der Waals surface area contributed by atoms with Crippen LogP contribution in [0.15, 0.2) is 22.8 Å². The van der Waals surface area contributed by atoms with Gasteiger partial charge in [0.25, 0.3) is 0 Å². The maximum absolute atomic E-state index is 9.32. The molecule has 3 nitrogen and oxygen atoms in total. The summed E-state index contributed by atoms with van der Waals surface area (Å²) in [5, 5.41) is 12.9. The fourth-order valence-electron chi connectivity index (χ4n) is 2.38. The molecule has 1 aliphatic rings. The maximum Gasteiger partial charge on any atom is 0.104 e. The van der Waals surface area contributed by atoms with Gasteiger partial charge in [0.2, 0.25) is 0 Å². The molecule has 16 heavy (non-hydrogen) atoms. The lowest BCUT2D eigenvalue weighted by Crippen LogP contribution is -2.33. The summed E-state index contributed by atoms with van der Waals surface area (Å²) in [7, 11) is 0. The average molecular weight is 223 g/mol. The summed E-state index contributed by atoms with van der Waals surface area (Å²) in [6.45, 7) is 1.11. The normalized spacial score (nSPS) is 19.1. The highest BCUT2D eigenvalue weighted by atomic mass is 16.3. The Hall–Kier alpha value is -0.800. The van der Waals surface area contributed by atoms with Crippen LogP contribution >= 0.6 is 0 Å². The van der Waals surface area contributed by atoms with E-state index in [0.717, 1.165) is 18.7 Å². The van der Waals surface area contributed by atoms with Crippen LogP contribution in [0.2, 0.25) is 0 Å². The average Bonchev–Trinajstić information content (AvgIpc) is 2.97. The van der Waals surface area contributed by atoms with Gasteiger partial charge in [-0.25, -0.2) is 0 Å². The molecule has 1 fully saturated rings. The van der Waals surface area contributed by atoms with Gasteiger partial charge in [-0.15, -0.1) is 0 Å². The van der Waals surface area contributed by atoms with Crippen LogP contribution in [-0.2, 0) is 6.42 Å². The van der Waals surface area contributed by atoms with Crippen LogP contribution < -0.4 is 5.32 Å². The molecule has 0 bridgehead atoms. The molecule has 1 unspecified atom stereocenters. The molecular weight excluding hydrogens is 202 g/mol. The number of aliphatic hydroxyl groups is 1. The van der Waals surface area contributed by atoms with Crippen molar-refractivity contribution in [2.45, 2.75) is 38.1 Å². The summed E-state index contributed by atoms with van der Waals surface area (Å²) in [6.07, 6.45) is 7.79. The molecule has 0 amide bonds. The van der Waals surface area contributed by atoms with E-state index in [4.69, 9.17) is 4.42 Å². The van der Waals surface area contributed by atoms with Gasteiger partial charge in [-0.05, 0) is 25.0 Å². The van der Waals surface area contributed by atoms with Gasteiger partial charge in [0.1, 0.15) is 5.76 Å². The zero-order chi connectivity index (χ0) is 11.2. The van der Waals surface area contributed by atoms with E-state index in [1.807, 2.05) is 12.1 Å². The number of hydrogen-bond donors (Lipinski definition) is 2. The minimum Gasteiger partial charge on any atom is -0.469 e. The van der Waals surface area contributed by atoms with Crippen LogP contribution in [0.5, 0.6) is 0 Å². The molecule has 1 aromatic rings. The van der Waals surface area contributed by atoms with Crippen molar-refractivity contribution in [1.82, 2.24) is 5.32 Å². The Bertz CT molecular complexity index is 278. The summed E-state index contributed by atoms with van der Waals surface area (Å²) in [4.78, 5) is 0. The lowest BCUT2D eigenvalue weighted by atomic mass is 10.0. The van der Waals surface area contributed by atoms with E-state index in [1.165, 1.54) is 25.7 Å². The maximum atomic E-state index is 9.32. The number of rotatable bonds is 6. The molecule has 2 N–H and O–H groups in total. The van der Waals surface area contributed by atoms with Crippen molar-refractivity contribution in [2.75, 3.05) is 13.2 Å².